The Morgan fingerprint density at radius 1 is 1.19 bits per heavy atom. The molecule has 3 N–H and O–H groups in total. The van der Waals surface area contributed by atoms with Crippen molar-refractivity contribution < 1.29 is 14.7 Å². The summed E-state index contributed by atoms with van der Waals surface area (Å²) in [4.78, 5) is 23.2. The van der Waals surface area contributed by atoms with Crippen LogP contribution in [0.5, 0.6) is 0 Å². The molecule has 6 nitrogen and oxygen atoms in total. The van der Waals surface area contributed by atoms with Gasteiger partial charge in [0.25, 0.3) is 5.91 Å². The maximum absolute atomic E-state index is 12.3. The number of benzene rings is 1. The second kappa shape index (κ2) is 5.55. The standard InChI is InChI=1S/C15H17N3O3/c19-14(13-11-3-1-2-4-12(11)17-18-13)16-10-7-5-9(6-8-10)15(20)21/h1-4,9-10H,5-8H2,(H,16,19)(H,17,18)(H,20,21). The van der Waals surface area contributed by atoms with Gasteiger partial charge in [0.2, 0.25) is 0 Å². The van der Waals surface area contributed by atoms with Gasteiger partial charge in [0.05, 0.1) is 11.4 Å². The maximum Gasteiger partial charge on any atom is 0.306 e. The molecule has 1 aliphatic carbocycles. The Bertz CT molecular complexity index is 672. The minimum Gasteiger partial charge on any atom is -0.481 e. The number of fused-ring (bicyclic) bond motifs is 1. The van der Waals surface area contributed by atoms with E-state index in [1.54, 1.807) is 0 Å². The highest BCUT2D eigenvalue weighted by atomic mass is 16.4. The van der Waals surface area contributed by atoms with Gasteiger partial charge in [-0.3, -0.25) is 14.7 Å². The smallest absolute Gasteiger partial charge is 0.306 e. The van der Waals surface area contributed by atoms with Gasteiger partial charge in [-0.15, -0.1) is 0 Å². The van der Waals surface area contributed by atoms with Gasteiger partial charge in [-0.1, -0.05) is 18.2 Å². The molecule has 6 heteroatoms. The molecule has 0 atom stereocenters. The van der Waals surface area contributed by atoms with Crippen molar-refractivity contribution in [1.29, 1.82) is 0 Å². The minimum atomic E-state index is -0.738. The molecule has 110 valence electrons. The van der Waals surface area contributed by atoms with Crippen LogP contribution in [0.25, 0.3) is 10.9 Å². The molecule has 1 aromatic heterocycles. The summed E-state index contributed by atoms with van der Waals surface area (Å²) in [7, 11) is 0. The molecule has 1 heterocycles. The zero-order valence-corrected chi connectivity index (χ0v) is 11.5. The number of para-hydroxylation sites is 1. The molecular formula is C15H17N3O3. The van der Waals surface area contributed by atoms with Gasteiger partial charge in [-0.25, -0.2) is 0 Å². The van der Waals surface area contributed by atoms with Gasteiger partial charge in [0, 0.05) is 11.4 Å². The maximum atomic E-state index is 12.3. The van der Waals surface area contributed by atoms with Gasteiger partial charge in [0.1, 0.15) is 0 Å². The molecule has 1 fully saturated rings. The van der Waals surface area contributed by atoms with Crippen molar-refractivity contribution in [3.8, 4) is 0 Å². The Hall–Kier alpha value is -2.37. The number of carbonyl (C=O) groups excluding carboxylic acids is 1. The number of carboxylic acids is 1. The zero-order valence-electron chi connectivity index (χ0n) is 11.5. The highest BCUT2D eigenvalue weighted by Gasteiger charge is 2.27. The Balaban J connectivity index is 1.66. The lowest BCUT2D eigenvalue weighted by Gasteiger charge is -2.26. The topological polar surface area (TPSA) is 95.1 Å². The van der Waals surface area contributed by atoms with E-state index >= 15 is 0 Å². The van der Waals surface area contributed by atoms with Crippen molar-refractivity contribution in [1.82, 2.24) is 15.5 Å². The van der Waals surface area contributed by atoms with Gasteiger partial charge in [0.15, 0.2) is 5.69 Å². The van der Waals surface area contributed by atoms with Crippen LogP contribution in [0.15, 0.2) is 24.3 Å². The Labute approximate surface area is 121 Å². The number of nitrogens with zero attached hydrogens (tertiary/aromatic N) is 1. The number of rotatable bonds is 3. The minimum absolute atomic E-state index is 0.0311. The number of aromatic nitrogens is 2. The Morgan fingerprint density at radius 3 is 2.62 bits per heavy atom. The lowest BCUT2D eigenvalue weighted by molar-refractivity contribution is -0.142. The first-order valence-corrected chi connectivity index (χ1v) is 7.12. The van der Waals surface area contributed by atoms with Crippen LogP contribution >= 0.6 is 0 Å². The molecule has 1 aliphatic rings. The SMILES string of the molecule is O=C(NC1CCC(C(=O)O)CC1)c1n[nH]c2ccccc12. The predicted octanol–water partition coefficient (Wildman–Crippen LogP) is 1.94. The fourth-order valence-electron chi connectivity index (χ4n) is 2.88. The van der Waals surface area contributed by atoms with Crippen LogP contribution in [0, 0.1) is 5.92 Å². The monoisotopic (exact) mass is 287 g/mol. The zero-order chi connectivity index (χ0) is 14.8. The summed E-state index contributed by atoms with van der Waals surface area (Å²) in [6.45, 7) is 0. The summed E-state index contributed by atoms with van der Waals surface area (Å²) in [5.74, 6) is -1.21. The van der Waals surface area contributed by atoms with Crippen LogP contribution in [0.4, 0.5) is 0 Å². The molecule has 3 rings (SSSR count). The van der Waals surface area contributed by atoms with Gasteiger partial charge >= 0.3 is 5.97 Å². The van der Waals surface area contributed by atoms with Crippen molar-refractivity contribution in [2.75, 3.05) is 0 Å². The van der Waals surface area contributed by atoms with E-state index in [1.807, 2.05) is 24.3 Å². The summed E-state index contributed by atoms with van der Waals surface area (Å²) in [5, 5.41) is 19.6. The van der Waals surface area contributed by atoms with E-state index in [0.717, 1.165) is 10.9 Å². The molecule has 21 heavy (non-hydrogen) atoms. The fourth-order valence-corrected chi connectivity index (χ4v) is 2.88. The molecule has 1 aromatic carbocycles. The van der Waals surface area contributed by atoms with E-state index in [0.29, 0.717) is 31.4 Å². The van der Waals surface area contributed by atoms with E-state index < -0.39 is 5.97 Å². The quantitative estimate of drug-likeness (QED) is 0.804. The molecule has 0 bridgehead atoms. The van der Waals surface area contributed by atoms with E-state index in [1.165, 1.54) is 0 Å². The largest absolute Gasteiger partial charge is 0.481 e. The molecule has 0 unspecified atom stereocenters. The third kappa shape index (κ3) is 2.74. The number of nitrogens with one attached hydrogen (secondary N) is 2. The van der Waals surface area contributed by atoms with Crippen LogP contribution < -0.4 is 5.32 Å². The van der Waals surface area contributed by atoms with Crippen LogP contribution in [-0.2, 0) is 4.79 Å². The second-order valence-corrected chi connectivity index (χ2v) is 5.48. The number of H-pyrrole nitrogens is 1. The van der Waals surface area contributed by atoms with Crippen LogP contribution in [0.1, 0.15) is 36.2 Å². The second-order valence-electron chi connectivity index (χ2n) is 5.48. The number of hydrogen-bond donors (Lipinski definition) is 3. The van der Waals surface area contributed by atoms with Crippen molar-refractivity contribution >= 4 is 22.8 Å². The number of amides is 1. The lowest BCUT2D eigenvalue weighted by Crippen LogP contribution is -2.38. The fraction of sp³-hybridized carbons (Fsp3) is 0.400. The number of carbonyl (C=O) groups is 2. The van der Waals surface area contributed by atoms with Crippen molar-refractivity contribution in [3.63, 3.8) is 0 Å². The van der Waals surface area contributed by atoms with Gasteiger partial charge < -0.3 is 10.4 Å². The highest BCUT2D eigenvalue weighted by molar-refractivity contribution is 6.04. The number of aliphatic carboxylic acids is 1. The van der Waals surface area contributed by atoms with Gasteiger partial charge in [-0.2, -0.15) is 5.10 Å². The number of hydrogen-bond acceptors (Lipinski definition) is 3. The molecule has 1 saturated carbocycles. The summed E-state index contributed by atoms with van der Waals surface area (Å²) >= 11 is 0. The first kappa shape index (κ1) is 13.6. The van der Waals surface area contributed by atoms with Crippen molar-refractivity contribution in [3.05, 3.63) is 30.0 Å². The van der Waals surface area contributed by atoms with Crippen LogP contribution in [-0.4, -0.2) is 33.2 Å². The molecule has 0 radical (unpaired) electrons. The summed E-state index contributed by atoms with van der Waals surface area (Å²) in [6.07, 6.45) is 2.62. The third-order valence-corrected chi connectivity index (χ3v) is 4.10. The van der Waals surface area contributed by atoms with Gasteiger partial charge in [-0.05, 0) is 31.7 Å². The molecule has 1 amide bonds. The van der Waals surface area contributed by atoms with Crippen LogP contribution in [0.2, 0.25) is 0 Å². The van der Waals surface area contributed by atoms with Crippen LogP contribution in [0.3, 0.4) is 0 Å². The molecule has 0 saturated heterocycles. The molecule has 0 aliphatic heterocycles. The first-order chi connectivity index (χ1) is 10.1. The summed E-state index contributed by atoms with van der Waals surface area (Å²) < 4.78 is 0. The average Bonchev–Trinajstić information content (AvgIpc) is 2.92. The van der Waals surface area contributed by atoms with Crippen molar-refractivity contribution in [2.24, 2.45) is 5.92 Å². The highest BCUT2D eigenvalue weighted by Crippen LogP contribution is 2.25. The summed E-state index contributed by atoms with van der Waals surface area (Å²) in [5.41, 5.74) is 1.23. The Kier molecular flexibility index (Phi) is 3.60. The summed E-state index contributed by atoms with van der Waals surface area (Å²) in [6, 6.07) is 7.51. The molecular weight excluding hydrogens is 270 g/mol. The number of carboxylic acid groups (broad SMARTS) is 1. The number of aromatic amines is 1. The molecule has 2 aromatic rings. The normalized spacial score (nSPS) is 22.1. The van der Waals surface area contributed by atoms with E-state index in [4.69, 9.17) is 5.11 Å². The third-order valence-electron chi connectivity index (χ3n) is 4.10. The van der Waals surface area contributed by atoms with E-state index in [9.17, 15) is 9.59 Å². The van der Waals surface area contributed by atoms with Crippen molar-refractivity contribution in [2.45, 2.75) is 31.7 Å². The molecule has 0 spiro atoms. The average molecular weight is 287 g/mol. The van der Waals surface area contributed by atoms with E-state index in [-0.39, 0.29) is 17.9 Å². The van der Waals surface area contributed by atoms with E-state index in [2.05, 4.69) is 15.5 Å². The predicted molar refractivity (Wildman–Crippen MR) is 76.9 cm³/mol. The first-order valence-electron chi connectivity index (χ1n) is 7.12. The Morgan fingerprint density at radius 2 is 1.90 bits per heavy atom. The lowest BCUT2D eigenvalue weighted by atomic mass is 9.86.